The number of pyridine rings is 1. The van der Waals surface area contributed by atoms with Gasteiger partial charge >= 0.3 is 6.09 Å². The largest absolute Gasteiger partial charge is 0.506 e. The number of para-hydroxylation sites is 1. The van der Waals surface area contributed by atoms with E-state index in [1.807, 2.05) is 67.7 Å². The molecule has 4 N–H and O–H groups in total. The van der Waals surface area contributed by atoms with Crippen molar-refractivity contribution in [3.05, 3.63) is 130 Å². The molecule has 0 unspecified atom stereocenters. The van der Waals surface area contributed by atoms with Crippen molar-refractivity contribution < 1.29 is 23.9 Å². The van der Waals surface area contributed by atoms with Gasteiger partial charge in [-0.1, -0.05) is 99.6 Å². The fourth-order valence-electron chi connectivity index (χ4n) is 8.79. The summed E-state index contributed by atoms with van der Waals surface area (Å²) in [5.41, 5.74) is 6.18. The molecule has 2 amide bonds. The molecular weight excluding hydrogens is 795 g/mol. The van der Waals surface area contributed by atoms with Crippen LogP contribution in [0, 0.1) is 11.8 Å². The molecule has 1 aromatic heterocycles. The number of H-pyrrole nitrogens is 1. The molecule has 1 aliphatic carbocycles. The van der Waals surface area contributed by atoms with E-state index in [0.29, 0.717) is 49.8 Å². The number of amides is 2. The first-order valence-corrected chi connectivity index (χ1v) is 24.9. The highest BCUT2D eigenvalue weighted by Crippen LogP contribution is 2.42. The summed E-state index contributed by atoms with van der Waals surface area (Å²) < 4.78 is 12.9. The van der Waals surface area contributed by atoms with Crippen molar-refractivity contribution in [2.75, 3.05) is 45.1 Å². The number of phenols is 1. The lowest BCUT2D eigenvalue weighted by molar-refractivity contribution is -0.129. The summed E-state index contributed by atoms with van der Waals surface area (Å²) in [6, 6.07) is 33.2. The van der Waals surface area contributed by atoms with Crippen molar-refractivity contribution in [2.45, 2.75) is 83.3 Å². The van der Waals surface area contributed by atoms with Crippen molar-refractivity contribution in [2.24, 2.45) is 11.8 Å². The maximum atomic E-state index is 13.3. The molecule has 2 aliphatic rings. The Labute approximate surface area is 367 Å². The van der Waals surface area contributed by atoms with Crippen LogP contribution in [0.1, 0.15) is 62.8 Å². The first-order chi connectivity index (χ1) is 29.6. The number of likely N-dealkylation sites (N-methyl/N-ethyl adjacent to an activating group) is 1. The number of anilines is 1. The monoisotopic (exact) mass is 857 g/mol. The quantitative estimate of drug-likeness (QED) is 0.0570. The summed E-state index contributed by atoms with van der Waals surface area (Å²) in [6.45, 7) is 15.5. The Morgan fingerprint density at radius 1 is 0.919 bits per heavy atom. The highest BCUT2D eigenvalue weighted by molar-refractivity contribution is 6.74. The minimum Gasteiger partial charge on any atom is -0.506 e. The third-order valence-electron chi connectivity index (χ3n) is 13.2. The lowest BCUT2D eigenvalue weighted by Gasteiger charge is -2.39. The highest BCUT2D eigenvalue weighted by atomic mass is 28.4. The van der Waals surface area contributed by atoms with E-state index in [4.69, 9.17) is 9.16 Å². The molecule has 2 fully saturated rings. The van der Waals surface area contributed by atoms with Crippen molar-refractivity contribution in [1.82, 2.24) is 20.1 Å². The Morgan fingerprint density at radius 2 is 1.63 bits per heavy atom. The van der Waals surface area contributed by atoms with Crippen LogP contribution in [0.4, 0.5) is 10.5 Å². The number of aryl methyl sites for hydroxylation is 1. The van der Waals surface area contributed by atoms with Gasteiger partial charge in [0.15, 0.2) is 8.32 Å². The number of aromatic amines is 1. The fourth-order valence-corrected chi connectivity index (χ4v) is 10.1. The van der Waals surface area contributed by atoms with Crippen molar-refractivity contribution in [1.29, 1.82) is 0 Å². The van der Waals surface area contributed by atoms with Crippen molar-refractivity contribution in [3.8, 4) is 16.9 Å². The number of hydrogen-bond donors (Lipinski definition) is 4. The van der Waals surface area contributed by atoms with E-state index in [0.717, 1.165) is 65.8 Å². The zero-order valence-electron chi connectivity index (χ0n) is 37.1. The second-order valence-corrected chi connectivity index (χ2v) is 23.5. The van der Waals surface area contributed by atoms with Crippen LogP contribution >= 0.6 is 0 Å². The Kier molecular flexibility index (Phi) is 14.0. The van der Waals surface area contributed by atoms with Gasteiger partial charge in [-0.05, 0) is 89.7 Å². The molecule has 62 heavy (non-hydrogen) atoms. The zero-order chi connectivity index (χ0) is 44.0. The molecule has 7 rings (SSSR count). The number of nitrogens with one attached hydrogen (secondary N) is 3. The van der Waals surface area contributed by atoms with Gasteiger partial charge in [-0.25, -0.2) is 4.79 Å². The van der Waals surface area contributed by atoms with Crippen molar-refractivity contribution >= 4 is 36.9 Å². The molecule has 1 saturated carbocycles. The van der Waals surface area contributed by atoms with E-state index in [-0.39, 0.29) is 34.5 Å². The van der Waals surface area contributed by atoms with Crippen LogP contribution in [0.15, 0.2) is 108 Å². The van der Waals surface area contributed by atoms with Crippen LogP contribution in [-0.4, -0.2) is 86.1 Å². The topological polar surface area (TPSA) is 136 Å². The number of likely N-dealkylation sites (tertiary alicyclic amines) is 1. The van der Waals surface area contributed by atoms with Crippen LogP contribution in [0.2, 0.25) is 18.1 Å². The molecule has 5 aromatic rings. The van der Waals surface area contributed by atoms with Gasteiger partial charge in [-0.3, -0.25) is 19.8 Å². The van der Waals surface area contributed by atoms with Crippen LogP contribution in [0.3, 0.4) is 0 Å². The molecule has 4 aromatic carbocycles. The standard InChI is InChI=1S/C50H63N5O6Si/c1-50(2,3)62(5,6)61-45(41-20-22-44(56)48-42(41)21-23-46(57)53-48)30-51-25-26-54(4)47(58)24-19-34-13-12-14-35(27-34)31-55-32-37-28-39(29-38(37)33-55)60-49(59)52-43-18-11-10-17-40(43)36-15-8-7-9-16-36/h7-18,20-23,27,37-39,45,51,56H,19,24-26,28-33H2,1-6H3,(H,52,59)(H,53,57)/t37-,38+,39+,45-/m0/s1. The molecule has 328 valence electrons. The molecule has 0 bridgehead atoms. The molecule has 0 spiro atoms. The third kappa shape index (κ3) is 11.0. The average Bonchev–Trinajstić information content (AvgIpc) is 3.79. The van der Waals surface area contributed by atoms with E-state index < -0.39 is 14.4 Å². The van der Waals surface area contributed by atoms with Crippen molar-refractivity contribution in [3.63, 3.8) is 0 Å². The minimum atomic E-state index is -2.21. The van der Waals surface area contributed by atoms with Gasteiger partial charge in [0.05, 0.1) is 17.3 Å². The third-order valence-corrected chi connectivity index (χ3v) is 17.7. The molecular formula is C50H63N5O6Si. The lowest BCUT2D eigenvalue weighted by atomic mass is 10.0. The van der Waals surface area contributed by atoms with E-state index >= 15 is 0 Å². The summed E-state index contributed by atoms with van der Waals surface area (Å²) in [5.74, 6) is 1.13. The predicted molar refractivity (Wildman–Crippen MR) is 250 cm³/mol. The van der Waals surface area contributed by atoms with Gasteiger partial charge in [0.1, 0.15) is 11.9 Å². The Balaban J connectivity index is 0.849. The van der Waals surface area contributed by atoms with E-state index in [2.05, 4.69) is 78.6 Å². The fraction of sp³-hybridized carbons (Fsp3) is 0.420. The van der Waals surface area contributed by atoms with Gasteiger partial charge in [0.25, 0.3) is 0 Å². The second kappa shape index (κ2) is 19.4. The van der Waals surface area contributed by atoms with E-state index in [1.165, 1.54) is 11.6 Å². The van der Waals surface area contributed by atoms with E-state index in [1.54, 1.807) is 17.0 Å². The zero-order valence-corrected chi connectivity index (χ0v) is 38.1. The summed E-state index contributed by atoms with van der Waals surface area (Å²) in [7, 11) is -0.359. The van der Waals surface area contributed by atoms with Crippen LogP contribution in [0.25, 0.3) is 22.0 Å². The number of fused-ring (bicyclic) bond motifs is 2. The van der Waals surface area contributed by atoms with Gasteiger partial charge in [0.2, 0.25) is 11.5 Å². The maximum Gasteiger partial charge on any atom is 0.411 e. The number of aromatic hydroxyl groups is 1. The summed E-state index contributed by atoms with van der Waals surface area (Å²) in [5, 5.41) is 17.8. The van der Waals surface area contributed by atoms with E-state index in [9.17, 15) is 19.5 Å². The van der Waals surface area contributed by atoms with Gasteiger partial charge in [-0.15, -0.1) is 0 Å². The molecule has 1 aliphatic heterocycles. The number of carbonyl (C=O) groups is 2. The SMILES string of the molecule is CN(CCNC[C@H](O[Si](C)(C)C(C)(C)C)c1ccc(O)c2[nH]c(=O)ccc12)C(=O)CCc1cccc(CN2C[C@H]3C[C@H](OC(=O)Nc4ccccc4-c4ccccc4)C[C@H]3C2)c1. The summed E-state index contributed by atoms with van der Waals surface area (Å²) in [6.07, 6.45) is 2.06. The maximum absolute atomic E-state index is 13.3. The Bertz CT molecular complexity index is 2380. The van der Waals surface area contributed by atoms with Gasteiger partial charge < -0.3 is 29.5 Å². The summed E-state index contributed by atoms with van der Waals surface area (Å²) >= 11 is 0. The normalized spacial score (nSPS) is 18.4. The number of aromatic nitrogens is 1. The number of hydrogen-bond acceptors (Lipinski definition) is 8. The average molecular weight is 858 g/mol. The number of ether oxygens (including phenoxy) is 1. The first-order valence-electron chi connectivity index (χ1n) is 22.0. The second-order valence-electron chi connectivity index (χ2n) is 18.7. The number of phenolic OH excluding ortho intramolecular Hbond substituents is 1. The number of carbonyl (C=O) groups excluding carboxylic acids is 2. The Hall–Kier alpha value is -5.27. The number of benzene rings is 4. The molecule has 4 atom stereocenters. The first kappa shape index (κ1) is 44.8. The lowest BCUT2D eigenvalue weighted by Crippen LogP contribution is -2.44. The predicted octanol–water partition coefficient (Wildman–Crippen LogP) is 9.10. The van der Waals surface area contributed by atoms with Gasteiger partial charge in [-0.2, -0.15) is 0 Å². The van der Waals surface area contributed by atoms with Gasteiger partial charge in [0, 0.05) is 69.8 Å². The van der Waals surface area contributed by atoms with Crippen LogP contribution in [0.5, 0.6) is 5.75 Å². The Morgan fingerprint density at radius 3 is 2.37 bits per heavy atom. The minimum absolute atomic E-state index is 0.0214. The summed E-state index contributed by atoms with van der Waals surface area (Å²) in [4.78, 5) is 45.4. The number of nitrogens with zero attached hydrogens (tertiary/aromatic N) is 2. The van der Waals surface area contributed by atoms with Crippen LogP contribution < -0.4 is 16.2 Å². The molecule has 0 radical (unpaired) electrons. The molecule has 12 heteroatoms. The highest BCUT2D eigenvalue weighted by Gasteiger charge is 2.42. The smallest absolute Gasteiger partial charge is 0.411 e. The molecule has 2 heterocycles. The number of rotatable bonds is 16. The molecule has 11 nitrogen and oxygen atoms in total. The van der Waals surface area contributed by atoms with Crippen LogP contribution in [-0.2, 0) is 26.9 Å². The molecule has 1 saturated heterocycles.